The molecular weight excluding hydrogens is 216 g/mol. The van der Waals surface area contributed by atoms with Gasteiger partial charge < -0.3 is 9.64 Å². The number of ether oxygens (including phenoxy) is 1. The highest BCUT2D eigenvalue weighted by molar-refractivity contribution is 5.74. The maximum atomic E-state index is 11.5. The Bertz CT molecular complexity index is 421. The molecule has 2 bridgehead atoms. The van der Waals surface area contributed by atoms with Gasteiger partial charge in [0.2, 0.25) is 5.91 Å². The predicted molar refractivity (Wildman–Crippen MR) is 62.6 cm³/mol. The lowest BCUT2D eigenvalue weighted by Gasteiger charge is -2.25. The number of rotatable bonds is 2. The van der Waals surface area contributed by atoms with Crippen LogP contribution in [0.4, 0.5) is 0 Å². The van der Waals surface area contributed by atoms with Crippen molar-refractivity contribution in [3.8, 4) is 5.75 Å². The summed E-state index contributed by atoms with van der Waals surface area (Å²) in [5, 5.41) is 0. The van der Waals surface area contributed by atoms with E-state index in [1.807, 2.05) is 17.0 Å². The smallest absolute Gasteiger partial charge is 0.219 e. The summed E-state index contributed by atoms with van der Waals surface area (Å²) in [6, 6.07) is 4.05. The van der Waals surface area contributed by atoms with Crippen LogP contribution in [0.2, 0.25) is 0 Å². The minimum Gasteiger partial charge on any atom is -0.486 e. The number of hydrogen-bond donors (Lipinski definition) is 0. The maximum absolute atomic E-state index is 11.5. The molecule has 4 nitrogen and oxygen atoms in total. The number of amides is 1. The van der Waals surface area contributed by atoms with Crippen molar-refractivity contribution in [2.24, 2.45) is 5.92 Å². The zero-order chi connectivity index (χ0) is 11.8. The van der Waals surface area contributed by atoms with Gasteiger partial charge in [-0.1, -0.05) is 0 Å². The van der Waals surface area contributed by atoms with Gasteiger partial charge in [-0.25, -0.2) is 0 Å². The third kappa shape index (κ3) is 1.77. The van der Waals surface area contributed by atoms with Crippen molar-refractivity contribution in [2.75, 3.05) is 6.54 Å². The van der Waals surface area contributed by atoms with E-state index in [9.17, 15) is 4.79 Å². The Hall–Kier alpha value is -1.58. The monoisotopic (exact) mass is 232 g/mol. The zero-order valence-electron chi connectivity index (χ0n) is 9.87. The Balaban J connectivity index is 1.75. The molecule has 2 fully saturated rings. The summed E-state index contributed by atoms with van der Waals surface area (Å²) in [6.45, 7) is 2.49. The Morgan fingerprint density at radius 3 is 3.06 bits per heavy atom. The molecule has 1 saturated heterocycles. The largest absolute Gasteiger partial charge is 0.486 e. The topological polar surface area (TPSA) is 42.4 Å². The molecule has 1 aromatic rings. The number of aromatic nitrogens is 1. The number of nitrogens with zero attached hydrogens (tertiary/aromatic N) is 2. The highest BCUT2D eigenvalue weighted by Gasteiger charge is 2.49. The lowest BCUT2D eigenvalue weighted by Crippen LogP contribution is -2.39. The lowest BCUT2D eigenvalue weighted by molar-refractivity contribution is -0.130. The summed E-state index contributed by atoms with van der Waals surface area (Å²) in [5.41, 5.74) is 0. The Labute approximate surface area is 101 Å². The first kappa shape index (κ1) is 10.6. The number of fused-ring (bicyclic) bond motifs is 2. The quantitative estimate of drug-likeness (QED) is 0.775. The molecule has 1 aliphatic carbocycles. The molecule has 0 unspecified atom stereocenters. The highest BCUT2D eigenvalue weighted by Crippen LogP contribution is 2.40. The molecule has 0 spiro atoms. The molecule has 0 radical (unpaired) electrons. The fraction of sp³-hybridized carbons (Fsp3) is 0.538. The van der Waals surface area contributed by atoms with Crippen molar-refractivity contribution in [2.45, 2.75) is 31.9 Å². The molecule has 1 aromatic heterocycles. The van der Waals surface area contributed by atoms with Crippen molar-refractivity contribution in [3.63, 3.8) is 0 Å². The SMILES string of the molecule is CC(=O)N1C[C@H]2CC[C@H]1[C@@H]2Oc1cccnc1. The van der Waals surface area contributed by atoms with Gasteiger partial charge in [-0.2, -0.15) is 0 Å². The average molecular weight is 232 g/mol. The van der Waals surface area contributed by atoms with Gasteiger partial charge in [-0.3, -0.25) is 9.78 Å². The van der Waals surface area contributed by atoms with Crippen LogP contribution in [0, 0.1) is 5.92 Å². The highest BCUT2D eigenvalue weighted by atomic mass is 16.5. The molecule has 1 saturated carbocycles. The molecule has 4 heteroatoms. The van der Waals surface area contributed by atoms with E-state index in [1.54, 1.807) is 19.3 Å². The van der Waals surface area contributed by atoms with Crippen LogP contribution in [0.5, 0.6) is 5.75 Å². The van der Waals surface area contributed by atoms with E-state index in [-0.39, 0.29) is 18.1 Å². The third-order valence-corrected chi connectivity index (χ3v) is 3.82. The number of pyridine rings is 1. The lowest BCUT2D eigenvalue weighted by atomic mass is 10.1. The fourth-order valence-corrected chi connectivity index (χ4v) is 3.05. The first-order valence-electron chi connectivity index (χ1n) is 6.09. The van der Waals surface area contributed by atoms with E-state index in [2.05, 4.69) is 4.98 Å². The van der Waals surface area contributed by atoms with E-state index < -0.39 is 0 Å². The molecule has 0 N–H and O–H groups in total. The first-order chi connectivity index (χ1) is 8.25. The molecule has 3 rings (SSSR count). The Morgan fingerprint density at radius 1 is 1.53 bits per heavy atom. The summed E-state index contributed by atoms with van der Waals surface area (Å²) in [5.74, 6) is 1.46. The van der Waals surface area contributed by atoms with Crippen LogP contribution in [-0.4, -0.2) is 34.5 Å². The van der Waals surface area contributed by atoms with Gasteiger partial charge in [-0.05, 0) is 25.0 Å². The van der Waals surface area contributed by atoms with Crippen LogP contribution in [0.15, 0.2) is 24.5 Å². The van der Waals surface area contributed by atoms with Crippen LogP contribution in [0.25, 0.3) is 0 Å². The van der Waals surface area contributed by atoms with Crippen molar-refractivity contribution < 1.29 is 9.53 Å². The van der Waals surface area contributed by atoms with Crippen LogP contribution >= 0.6 is 0 Å². The van der Waals surface area contributed by atoms with Crippen molar-refractivity contribution in [1.29, 1.82) is 0 Å². The van der Waals surface area contributed by atoms with E-state index in [4.69, 9.17) is 4.74 Å². The number of carbonyl (C=O) groups is 1. The third-order valence-electron chi connectivity index (χ3n) is 3.82. The van der Waals surface area contributed by atoms with E-state index in [1.165, 1.54) is 6.42 Å². The van der Waals surface area contributed by atoms with E-state index in [0.29, 0.717) is 5.92 Å². The summed E-state index contributed by atoms with van der Waals surface area (Å²) in [4.78, 5) is 17.5. The fourth-order valence-electron chi connectivity index (χ4n) is 3.05. The number of piperidine rings is 1. The molecule has 17 heavy (non-hydrogen) atoms. The van der Waals surface area contributed by atoms with Crippen molar-refractivity contribution >= 4 is 5.91 Å². The Morgan fingerprint density at radius 2 is 2.41 bits per heavy atom. The summed E-state index contributed by atoms with van der Waals surface area (Å²) in [7, 11) is 0. The standard InChI is InChI=1S/C13H16N2O2/c1-9(16)15-8-10-4-5-12(15)13(10)17-11-3-2-6-14-7-11/h2-3,6-7,10,12-13H,4-5,8H2,1H3/t10-,12+,13-/m1/s1. The van der Waals surface area contributed by atoms with Crippen LogP contribution in [0.3, 0.4) is 0 Å². The molecule has 2 aliphatic rings. The van der Waals surface area contributed by atoms with Crippen LogP contribution < -0.4 is 4.74 Å². The number of likely N-dealkylation sites (tertiary alicyclic amines) is 1. The van der Waals surface area contributed by atoms with Crippen LogP contribution in [0.1, 0.15) is 19.8 Å². The molecule has 1 amide bonds. The van der Waals surface area contributed by atoms with Gasteiger partial charge in [0.25, 0.3) is 0 Å². The molecule has 1 aliphatic heterocycles. The molecule has 3 atom stereocenters. The van der Waals surface area contributed by atoms with Gasteiger partial charge in [0.05, 0.1) is 12.2 Å². The second-order valence-electron chi connectivity index (χ2n) is 4.85. The summed E-state index contributed by atoms with van der Waals surface area (Å²) in [6.07, 6.45) is 5.85. The zero-order valence-corrected chi connectivity index (χ0v) is 9.87. The van der Waals surface area contributed by atoms with Gasteiger partial charge in [-0.15, -0.1) is 0 Å². The normalized spacial score (nSPS) is 30.6. The van der Waals surface area contributed by atoms with Crippen molar-refractivity contribution in [3.05, 3.63) is 24.5 Å². The van der Waals surface area contributed by atoms with Gasteiger partial charge >= 0.3 is 0 Å². The predicted octanol–water partition coefficient (Wildman–Crippen LogP) is 1.47. The van der Waals surface area contributed by atoms with Gasteiger partial charge in [0.15, 0.2) is 0 Å². The second-order valence-corrected chi connectivity index (χ2v) is 4.85. The first-order valence-corrected chi connectivity index (χ1v) is 6.09. The van der Waals surface area contributed by atoms with Crippen LogP contribution in [-0.2, 0) is 4.79 Å². The summed E-state index contributed by atoms with van der Waals surface area (Å²) >= 11 is 0. The maximum Gasteiger partial charge on any atom is 0.219 e. The summed E-state index contributed by atoms with van der Waals surface area (Å²) < 4.78 is 5.99. The average Bonchev–Trinajstić information content (AvgIpc) is 2.88. The Kier molecular flexibility index (Phi) is 2.50. The van der Waals surface area contributed by atoms with Gasteiger partial charge in [0.1, 0.15) is 11.9 Å². The molecular formula is C13H16N2O2. The molecule has 2 heterocycles. The molecule has 90 valence electrons. The van der Waals surface area contributed by atoms with Crippen molar-refractivity contribution in [1.82, 2.24) is 9.88 Å². The molecule has 0 aromatic carbocycles. The number of carbonyl (C=O) groups excluding carboxylic acids is 1. The minimum absolute atomic E-state index is 0.156. The number of hydrogen-bond acceptors (Lipinski definition) is 3. The minimum atomic E-state index is 0.156. The van der Waals surface area contributed by atoms with E-state index in [0.717, 1.165) is 18.7 Å². The van der Waals surface area contributed by atoms with Gasteiger partial charge in [0, 0.05) is 25.6 Å². The van der Waals surface area contributed by atoms with E-state index >= 15 is 0 Å². The second kappa shape index (κ2) is 4.02.